The predicted molar refractivity (Wildman–Crippen MR) is 63.8 cm³/mol. The van der Waals surface area contributed by atoms with Crippen LogP contribution in [0.25, 0.3) is 0 Å². The number of hydrogen-bond donors (Lipinski definition) is 2. The zero-order valence-corrected chi connectivity index (χ0v) is 9.60. The van der Waals surface area contributed by atoms with Gasteiger partial charge in [-0.25, -0.2) is 0 Å². The number of aromatic nitrogens is 3. The summed E-state index contributed by atoms with van der Waals surface area (Å²) >= 11 is 0. The van der Waals surface area contributed by atoms with E-state index in [0.29, 0.717) is 5.95 Å². The molecule has 0 amide bonds. The van der Waals surface area contributed by atoms with Crippen LogP contribution in [0.5, 0.6) is 5.75 Å². The van der Waals surface area contributed by atoms with E-state index in [-0.39, 0.29) is 5.41 Å². The van der Waals surface area contributed by atoms with Gasteiger partial charge in [-0.1, -0.05) is 18.2 Å². The molecule has 0 spiro atoms. The molecule has 2 aromatic rings. The minimum absolute atomic E-state index is 0.0861. The predicted octanol–water partition coefficient (Wildman–Crippen LogP) is 1.48. The van der Waals surface area contributed by atoms with Crippen LogP contribution in [0.15, 0.2) is 24.3 Å². The quantitative estimate of drug-likeness (QED) is 0.837. The molecule has 5 nitrogen and oxygen atoms in total. The topological polar surface area (TPSA) is 76.8 Å². The molecule has 1 aromatic carbocycles. The van der Waals surface area contributed by atoms with E-state index in [2.05, 4.69) is 21.2 Å². The van der Waals surface area contributed by atoms with Gasteiger partial charge in [0.2, 0.25) is 5.95 Å². The molecular formula is C12H14N4O. The van der Waals surface area contributed by atoms with E-state index in [0.717, 1.165) is 30.0 Å². The molecule has 0 atom stereocenters. The molecule has 0 saturated heterocycles. The monoisotopic (exact) mass is 230 g/mol. The van der Waals surface area contributed by atoms with Crippen LogP contribution in [0.2, 0.25) is 0 Å². The minimum atomic E-state index is -0.0861. The van der Waals surface area contributed by atoms with E-state index in [1.54, 1.807) is 7.11 Å². The Morgan fingerprint density at radius 3 is 2.71 bits per heavy atom. The molecular weight excluding hydrogens is 216 g/mol. The van der Waals surface area contributed by atoms with Gasteiger partial charge in [0.15, 0.2) is 0 Å². The fourth-order valence-corrected chi connectivity index (χ4v) is 2.29. The summed E-state index contributed by atoms with van der Waals surface area (Å²) in [6, 6.07) is 8.02. The normalized spacial score (nSPS) is 16.8. The van der Waals surface area contributed by atoms with E-state index < -0.39 is 0 Å². The second-order valence-corrected chi connectivity index (χ2v) is 4.32. The van der Waals surface area contributed by atoms with Crippen molar-refractivity contribution in [3.8, 4) is 5.75 Å². The van der Waals surface area contributed by atoms with E-state index in [4.69, 9.17) is 10.5 Å². The number of rotatable bonds is 3. The zero-order valence-electron chi connectivity index (χ0n) is 9.60. The summed E-state index contributed by atoms with van der Waals surface area (Å²) in [5.41, 5.74) is 6.63. The number of methoxy groups -OCH3 is 1. The maximum Gasteiger partial charge on any atom is 0.239 e. The van der Waals surface area contributed by atoms with Gasteiger partial charge in [-0.05, 0) is 18.9 Å². The van der Waals surface area contributed by atoms with Crippen LogP contribution in [0, 0.1) is 0 Å². The largest absolute Gasteiger partial charge is 0.496 e. The minimum Gasteiger partial charge on any atom is -0.496 e. The van der Waals surface area contributed by atoms with Gasteiger partial charge in [0.05, 0.1) is 12.5 Å². The molecule has 0 radical (unpaired) electrons. The SMILES string of the molecule is COc1ccccc1C1(c2nc(N)n[nH]2)CC1. The van der Waals surface area contributed by atoms with Crippen molar-refractivity contribution >= 4 is 5.95 Å². The number of aromatic amines is 1. The Hall–Kier alpha value is -2.04. The van der Waals surface area contributed by atoms with Crippen molar-refractivity contribution in [1.29, 1.82) is 0 Å². The highest BCUT2D eigenvalue weighted by atomic mass is 16.5. The van der Waals surface area contributed by atoms with E-state index in [1.807, 2.05) is 18.2 Å². The van der Waals surface area contributed by atoms with Crippen molar-refractivity contribution in [3.05, 3.63) is 35.7 Å². The number of nitrogens with one attached hydrogen (secondary N) is 1. The number of hydrogen-bond acceptors (Lipinski definition) is 4. The van der Waals surface area contributed by atoms with Crippen LogP contribution in [-0.4, -0.2) is 22.3 Å². The zero-order chi connectivity index (χ0) is 11.9. The second kappa shape index (κ2) is 3.48. The fourth-order valence-electron chi connectivity index (χ4n) is 2.29. The Morgan fingerprint density at radius 1 is 1.35 bits per heavy atom. The van der Waals surface area contributed by atoms with Crippen LogP contribution in [-0.2, 0) is 5.41 Å². The average Bonchev–Trinajstić information content (AvgIpc) is 3.06. The van der Waals surface area contributed by atoms with E-state index in [1.165, 1.54) is 0 Å². The first-order valence-electron chi connectivity index (χ1n) is 5.58. The molecule has 0 aliphatic heterocycles. The lowest BCUT2D eigenvalue weighted by Crippen LogP contribution is -2.12. The highest BCUT2D eigenvalue weighted by Crippen LogP contribution is 2.54. The smallest absolute Gasteiger partial charge is 0.239 e. The third kappa shape index (κ3) is 1.46. The van der Waals surface area contributed by atoms with Crippen molar-refractivity contribution in [1.82, 2.24) is 15.2 Å². The van der Waals surface area contributed by atoms with Gasteiger partial charge in [0.25, 0.3) is 0 Å². The van der Waals surface area contributed by atoms with Crippen LogP contribution >= 0.6 is 0 Å². The highest BCUT2D eigenvalue weighted by molar-refractivity contribution is 5.48. The lowest BCUT2D eigenvalue weighted by atomic mass is 9.94. The van der Waals surface area contributed by atoms with Crippen LogP contribution < -0.4 is 10.5 Å². The van der Waals surface area contributed by atoms with Crippen molar-refractivity contribution in [2.24, 2.45) is 0 Å². The summed E-state index contributed by atoms with van der Waals surface area (Å²) in [5, 5.41) is 6.82. The third-order valence-electron chi connectivity index (χ3n) is 3.33. The van der Waals surface area contributed by atoms with Crippen molar-refractivity contribution in [2.75, 3.05) is 12.8 Å². The molecule has 5 heteroatoms. The van der Waals surface area contributed by atoms with Gasteiger partial charge in [0.1, 0.15) is 11.6 Å². The molecule has 3 N–H and O–H groups in total. The number of H-pyrrole nitrogens is 1. The molecule has 1 aliphatic rings. The summed E-state index contributed by atoms with van der Waals surface area (Å²) in [5.74, 6) is 2.01. The lowest BCUT2D eigenvalue weighted by molar-refractivity contribution is 0.406. The molecule has 1 heterocycles. The number of anilines is 1. The van der Waals surface area contributed by atoms with Gasteiger partial charge >= 0.3 is 0 Å². The maximum absolute atomic E-state index is 5.57. The lowest BCUT2D eigenvalue weighted by Gasteiger charge is -2.15. The molecule has 3 rings (SSSR count). The average molecular weight is 230 g/mol. The van der Waals surface area contributed by atoms with Gasteiger partial charge < -0.3 is 10.5 Å². The first-order chi connectivity index (χ1) is 8.26. The van der Waals surface area contributed by atoms with Crippen LogP contribution in [0.3, 0.4) is 0 Å². The summed E-state index contributed by atoms with van der Waals surface area (Å²) < 4.78 is 5.41. The molecule has 1 aromatic heterocycles. The highest BCUT2D eigenvalue weighted by Gasteiger charge is 2.50. The first-order valence-corrected chi connectivity index (χ1v) is 5.58. The summed E-state index contributed by atoms with van der Waals surface area (Å²) in [4.78, 5) is 4.25. The van der Waals surface area contributed by atoms with Gasteiger partial charge in [-0.2, -0.15) is 4.98 Å². The Morgan fingerprint density at radius 2 is 2.12 bits per heavy atom. The third-order valence-corrected chi connectivity index (χ3v) is 3.33. The Labute approximate surface area is 99.0 Å². The number of nitrogen functional groups attached to an aromatic ring is 1. The van der Waals surface area contributed by atoms with Gasteiger partial charge in [-0.3, -0.25) is 5.10 Å². The Balaban J connectivity index is 2.09. The molecule has 17 heavy (non-hydrogen) atoms. The summed E-state index contributed by atoms with van der Waals surface area (Å²) in [7, 11) is 1.68. The van der Waals surface area contributed by atoms with Crippen LogP contribution in [0.4, 0.5) is 5.95 Å². The van der Waals surface area contributed by atoms with Gasteiger partial charge in [-0.15, -0.1) is 5.10 Å². The molecule has 0 bridgehead atoms. The summed E-state index contributed by atoms with van der Waals surface area (Å²) in [6.07, 6.45) is 2.09. The van der Waals surface area contributed by atoms with Crippen molar-refractivity contribution in [2.45, 2.75) is 18.3 Å². The molecule has 0 unspecified atom stereocenters. The number of nitrogens with two attached hydrogens (primary N) is 1. The van der Waals surface area contributed by atoms with Crippen molar-refractivity contribution < 1.29 is 4.74 Å². The van der Waals surface area contributed by atoms with Crippen molar-refractivity contribution in [3.63, 3.8) is 0 Å². The van der Waals surface area contributed by atoms with E-state index >= 15 is 0 Å². The molecule has 1 saturated carbocycles. The number of benzene rings is 1. The number of ether oxygens (including phenoxy) is 1. The van der Waals surface area contributed by atoms with Gasteiger partial charge in [0, 0.05) is 5.56 Å². The standard InChI is InChI=1S/C12H14N4O/c1-17-9-5-3-2-4-8(9)12(6-7-12)10-14-11(13)16-15-10/h2-5H,6-7H2,1H3,(H3,13,14,15,16). The van der Waals surface area contributed by atoms with E-state index in [9.17, 15) is 0 Å². The molecule has 1 fully saturated rings. The Bertz CT molecular complexity index is 545. The van der Waals surface area contributed by atoms with Crippen LogP contribution in [0.1, 0.15) is 24.2 Å². The second-order valence-electron chi connectivity index (χ2n) is 4.32. The summed E-state index contributed by atoms with van der Waals surface area (Å²) in [6.45, 7) is 0. The Kier molecular flexibility index (Phi) is 2.07. The number of para-hydroxylation sites is 1. The first kappa shape index (κ1) is 10.1. The maximum atomic E-state index is 5.57. The number of nitrogens with zero attached hydrogens (tertiary/aromatic N) is 2. The fraction of sp³-hybridized carbons (Fsp3) is 0.333. The molecule has 1 aliphatic carbocycles. The molecule has 88 valence electrons.